The van der Waals surface area contributed by atoms with Crippen LogP contribution in [0.1, 0.15) is 41.5 Å². The normalized spacial score (nSPS) is 13.4. The van der Waals surface area contributed by atoms with Gasteiger partial charge < -0.3 is 28.4 Å². The van der Waals surface area contributed by atoms with Gasteiger partial charge in [-0.1, -0.05) is 34.6 Å². The Balaban J connectivity index is 3.08. The fourth-order valence-electron chi connectivity index (χ4n) is 3.23. The van der Waals surface area contributed by atoms with Crippen molar-refractivity contribution in [3.8, 4) is 0 Å². The first-order valence-corrected chi connectivity index (χ1v) is 13.3. The van der Waals surface area contributed by atoms with E-state index in [-0.39, 0.29) is 0 Å². The van der Waals surface area contributed by atoms with E-state index in [0.717, 1.165) is 0 Å². The summed E-state index contributed by atoms with van der Waals surface area (Å²) >= 11 is 0. The summed E-state index contributed by atoms with van der Waals surface area (Å²) in [4.78, 5) is 0. The Labute approximate surface area is 174 Å². The third-order valence-electron chi connectivity index (χ3n) is 4.02. The quantitative estimate of drug-likeness (QED) is 0.284. The van der Waals surface area contributed by atoms with Crippen LogP contribution in [0, 0.1) is 0 Å². The van der Waals surface area contributed by atoms with Crippen LogP contribution in [0.3, 0.4) is 0 Å². The van der Waals surface area contributed by atoms with Crippen molar-refractivity contribution in [3.05, 3.63) is 24.3 Å². The Bertz CT molecular complexity index is 466. The summed E-state index contributed by atoms with van der Waals surface area (Å²) in [5.74, 6) is 0. The zero-order chi connectivity index (χ0) is 20.9. The molecule has 1 rings (SSSR count). The van der Waals surface area contributed by atoms with Crippen LogP contribution >= 0.6 is 0 Å². The van der Waals surface area contributed by atoms with Crippen molar-refractivity contribution in [1.29, 1.82) is 0 Å². The molecule has 1 aromatic rings. The Morgan fingerprint density at radius 3 is 1.11 bits per heavy atom. The Morgan fingerprint density at radius 1 is 0.571 bits per heavy atom. The molecule has 0 atom stereocenters. The van der Waals surface area contributed by atoms with Gasteiger partial charge in [0, 0.05) is 39.6 Å². The predicted molar refractivity (Wildman–Crippen MR) is 118 cm³/mol. The molecular weight excluding hydrogens is 392 g/mol. The lowest BCUT2D eigenvalue weighted by atomic mass is 10.4. The highest BCUT2D eigenvalue weighted by molar-refractivity contribution is 6.59. The summed E-state index contributed by atoms with van der Waals surface area (Å²) in [5, 5.41) is 2.44. The monoisotopic (exact) mass is 430 g/mol. The first kappa shape index (κ1) is 25.5. The molecule has 0 radical (unpaired) electrons. The summed E-state index contributed by atoms with van der Waals surface area (Å²) in [5.41, 5.74) is -1.84. The van der Waals surface area contributed by atoms with Gasteiger partial charge >= 0.3 is 0 Å². The molecule has 0 aliphatic carbocycles. The third kappa shape index (κ3) is 8.04. The summed E-state index contributed by atoms with van der Waals surface area (Å²) in [6, 6.07) is 8.54. The average Bonchev–Trinajstić information content (AvgIpc) is 2.63. The predicted octanol–water partition coefficient (Wildman–Crippen LogP) is 0.716. The number of hydrogen-bond donors (Lipinski definition) is 0. The second-order valence-corrected chi connectivity index (χ2v) is 10.2. The molecule has 8 heteroatoms. The summed E-state index contributed by atoms with van der Waals surface area (Å²) in [6.07, 6.45) is 0. The van der Waals surface area contributed by atoms with Crippen LogP contribution in [-0.4, -0.2) is 69.9 Å². The van der Waals surface area contributed by atoms with Crippen LogP contribution in [0.5, 0.6) is 0 Å². The SMILES string of the molecule is CCOC(OCC)(OCC)[SiH2]c1cccc([SiH2]C(OCC)(OCC)OCC)c1. The Morgan fingerprint density at radius 2 is 0.857 bits per heavy atom. The lowest BCUT2D eigenvalue weighted by molar-refractivity contribution is -0.322. The van der Waals surface area contributed by atoms with E-state index in [0.29, 0.717) is 39.6 Å². The van der Waals surface area contributed by atoms with E-state index in [2.05, 4.69) is 24.3 Å². The van der Waals surface area contributed by atoms with Crippen molar-refractivity contribution in [2.75, 3.05) is 39.6 Å². The van der Waals surface area contributed by atoms with Crippen LogP contribution < -0.4 is 10.4 Å². The van der Waals surface area contributed by atoms with E-state index in [4.69, 9.17) is 28.4 Å². The van der Waals surface area contributed by atoms with Crippen molar-refractivity contribution in [2.45, 2.75) is 52.7 Å². The molecule has 0 aliphatic heterocycles. The van der Waals surface area contributed by atoms with Crippen molar-refractivity contribution in [3.63, 3.8) is 0 Å². The van der Waals surface area contributed by atoms with E-state index in [9.17, 15) is 0 Å². The maximum atomic E-state index is 5.93. The van der Waals surface area contributed by atoms with E-state index >= 15 is 0 Å². The standard InChI is InChI=1S/C20H38O6Si2/c1-7-21-19(22-8-2,23-9-3)27-17-14-13-15-18(16-17)28-20(24-10-4,25-11-5)26-12-6/h13-16H,7-12,27-28H2,1-6H3. The summed E-state index contributed by atoms with van der Waals surface area (Å²) in [6.45, 7) is 15.1. The summed E-state index contributed by atoms with van der Waals surface area (Å²) in [7, 11) is -2.03. The van der Waals surface area contributed by atoms with Gasteiger partial charge in [-0.25, -0.2) is 0 Å². The first-order chi connectivity index (χ1) is 13.5. The molecule has 0 saturated heterocycles. The average molecular weight is 431 g/mol. The smallest absolute Gasteiger partial charge is 0.254 e. The van der Waals surface area contributed by atoms with Crippen LogP contribution in [-0.2, 0) is 28.4 Å². The molecule has 0 saturated carbocycles. The van der Waals surface area contributed by atoms with Gasteiger partial charge in [0.15, 0.2) is 19.0 Å². The lowest BCUT2D eigenvalue weighted by Crippen LogP contribution is -2.52. The maximum Gasteiger partial charge on any atom is 0.254 e. The summed E-state index contributed by atoms with van der Waals surface area (Å²) < 4.78 is 35.6. The topological polar surface area (TPSA) is 55.4 Å². The molecule has 0 bridgehead atoms. The van der Waals surface area contributed by atoms with Crippen LogP contribution in [0.2, 0.25) is 0 Å². The second kappa shape index (κ2) is 13.6. The lowest BCUT2D eigenvalue weighted by Gasteiger charge is -2.33. The number of benzene rings is 1. The zero-order valence-electron chi connectivity index (χ0n) is 18.4. The minimum absolute atomic E-state index is 0.545. The Hall–Kier alpha value is -0.586. The van der Waals surface area contributed by atoms with Gasteiger partial charge in [0.2, 0.25) is 0 Å². The van der Waals surface area contributed by atoms with Gasteiger partial charge in [-0.3, -0.25) is 0 Å². The molecule has 0 unspecified atom stereocenters. The second-order valence-electron chi connectivity index (χ2n) is 6.14. The maximum absolute atomic E-state index is 5.93. The molecule has 0 amide bonds. The van der Waals surface area contributed by atoms with Gasteiger partial charge in [-0.15, -0.1) is 0 Å². The van der Waals surface area contributed by atoms with Crippen molar-refractivity contribution >= 4 is 29.4 Å². The van der Waals surface area contributed by atoms with E-state index in [1.807, 2.05) is 41.5 Å². The fraction of sp³-hybridized carbons (Fsp3) is 0.700. The van der Waals surface area contributed by atoms with Crippen LogP contribution in [0.4, 0.5) is 0 Å². The van der Waals surface area contributed by atoms with E-state index in [1.165, 1.54) is 10.4 Å². The van der Waals surface area contributed by atoms with Crippen molar-refractivity contribution in [1.82, 2.24) is 0 Å². The molecule has 0 N–H and O–H groups in total. The fourth-order valence-corrected chi connectivity index (χ4v) is 7.59. The zero-order valence-corrected chi connectivity index (χ0v) is 21.2. The molecular formula is C20H38O6Si2. The van der Waals surface area contributed by atoms with Crippen LogP contribution in [0.25, 0.3) is 0 Å². The molecule has 0 aromatic heterocycles. The number of rotatable bonds is 16. The highest BCUT2D eigenvalue weighted by Gasteiger charge is 2.35. The molecule has 0 fully saturated rings. The van der Waals surface area contributed by atoms with E-state index in [1.54, 1.807) is 0 Å². The van der Waals surface area contributed by atoms with Gasteiger partial charge in [0.05, 0.1) is 0 Å². The molecule has 28 heavy (non-hydrogen) atoms. The molecule has 0 heterocycles. The largest absolute Gasteiger partial charge is 0.332 e. The number of ether oxygens (including phenoxy) is 6. The highest BCUT2D eigenvalue weighted by atomic mass is 28.2. The molecule has 0 aliphatic rings. The van der Waals surface area contributed by atoms with Crippen LogP contribution in [0.15, 0.2) is 24.3 Å². The minimum atomic E-state index is -1.01. The third-order valence-corrected chi connectivity index (χ3v) is 7.81. The molecule has 1 aromatic carbocycles. The molecule has 162 valence electrons. The van der Waals surface area contributed by atoms with Crippen molar-refractivity contribution < 1.29 is 28.4 Å². The minimum Gasteiger partial charge on any atom is -0.332 e. The van der Waals surface area contributed by atoms with Gasteiger partial charge in [0.1, 0.15) is 0 Å². The highest BCUT2D eigenvalue weighted by Crippen LogP contribution is 2.16. The van der Waals surface area contributed by atoms with Gasteiger partial charge in [-0.05, 0) is 41.5 Å². The van der Waals surface area contributed by atoms with Crippen molar-refractivity contribution in [2.24, 2.45) is 0 Å². The Kier molecular flexibility index (Phi) is 12.4. The first-order valence-electron chi connectivity index (χ1n) is 10.4. The molecule has 6 nitrogen and oxygen atoms in total. The molecule has 0 spiro atoms. The number of hydrogen-bond acceptors (Lipinski definition) is 6. The van der Waals surface area contributed by atoms with E-state index < -0.39 is 30.2 Å². The van der Waals surface area contributed by atoms with Gasteiger partial charge in [-0.2, -0.15) is 0 Å². The van der Waals surface area contributed by atoms with Gasteiger partial charge in [0.25, 0.3) is 11.2 Å².